The van der Waals surface area contributed by atoms with Gasteiger partial charge in [-0.1, -0.05) is 49.4 Å². The fraction of sp³-hybridized carbons (Fsp3) is 0.346. The van der Waals surface area contributed by atoms with Gasteiger partial charge in [-0.2, -0.15) is 0 Å². The van der Waals surface area contributed by atoms with Crippen molar-refractivity contribution in [1.82, 2.24) is 10.2 Å². The minimum Gasteiger partial charge on any atom is -0.353 e. The van der Waals surface area contributed by atoms with E-state index >= 15 is 0 Å². The number of hydrogen-bond acceptors (Lipinski definition) is 5. The predicted octanol–water partition coefficient (Wildman–Crippen LogP) is 6.29. The van der Waals surface area contributed by atoms with Crippen molar-refractivity contribution in [1.29, 1.82) is 0 Å². The number of nitrogens with zero attached hydrogens (tertiary/aromatic N) is 2. The third kappa shape index (κ3) is 4.77. The first-order valence-electron chi connectivity index (χ1n) is 11.4. The molecule has 3 nitrogen and oxygen atoms in total. The Morgan fingerprint density at radius 2 is 2.03 bits per heavy atom. The van der Waals surface area contributed by atoms with E-state index in [1.54, 1.807) is 12.1 Å². The Morgan fingerprint density at radius 3 is 2.91 bits per heavy atom. The summed E-state index contributed by atoms with van der Waals surface area (Å²) in [6, 6.07) is 18.2. The molecule has 1 saturated heterocycles. The average molecular weight is 466 g/mol. The molecule has 2 aliphatic rings. The number of hydrogen-bond donors (Lipinski definition) is 1. The molecule has 0 amide bonds. The van der Waals surface area contributed by atoms with Crippen LogP contribution in [0.4, 0.5) is 10.1 Å². The molecule has 0 spiro atoms. The lowest BCUT2D eigenvalue weighted by Crippen LogP contribution is -2.52. The first-order chi connectivity index (χ1) is 15.7. The van der Waals surface area contributed by atoms with E-state index in [0.29, 0.717) is 6.04 Å². The van der Waals surface area contributed by atoms with Gasteiger partial charge < -0.3 is 10.2 Å². The van der Waals surface area contributed by atoms with E-state index in [1.165, 1.54) is 25.6 Å². The standard InChI is InChI=1S/C26H28FN3S2/c1-2-6-21-16-22-25(29-23-9-3-4-10-24(23)32-26(22)31-21)30-14-13-28-20(17-30)12-11-18-7-5-8-19(27)15-18/h3-5,7-10,15-16,20,28H,2,6,11-14,17H2,1H3/t20-/m0/s1. The maximum atomic E-state index is 13.6. The van der Waals surface area contributed by atoms with Crippen LogP contribution in [0.3, 0.4) is 0 Å². The first-order valence-corrected chi connectivity index (χ1v) is 13.0. The Kier molecular flexibility index (Phi) is 6.62. The SMILES string of the molecule is CCCc1cc2c(s1)Sc1ccccc1N=C2N1CCN[C@@H](CCc2cccc(F)c2)C1. The lowest BCUT2D eigenvalue weighted by Gasteiger charge is -2.36. The summed E-state index contributed by atoms with van der Waals surface area (Å²) in [6.45, 7) is 5.03. The highest BCUT2D eigenvalue weighted by Gasteiger charge is 2.28. The number of piperazine rings is 1. The van der Waals surface area contributed by atoms with Gasteiger partial charge in [-0.05, 0) is 55.2 Å². The second-order valence-corrected chi connectivity index (χ2v) is 10.9. The van der Waals surface area contributed by atoms with Gasteiger partial charge in [0, 0.05) is 41.0 Å². The molecular weight excluding hydrogens is 437 g/mol. The smallest absolute Gasteiger partial charge is 0.138 e. The van der Waals surface area contributed by atoms with Crippen LogP contribution < -0.4 is 5.32 Å². The van der Waals surface area contributed by atoms with E-state index < -0.39 is 0 Å². The molecule has 1 fully saturated rings. The topological polar surface area (TPSA) is 27.6 Å². The molecule has 3 aromatic rings. The van der Waals surface area contributed by atoms with Gasteiger partial charge in [0.25, 0.3) is 0 Å². The van der Waals surface area contributed by atoms with Gasteiger partial charge in [-0.3, -0.25) is 0 Å². The lowest BCUT2D eigenvalue weighted by atomic mass is 10.0. The number of amidine groups is 1. The van der Waals surface area contributed by atoms with Crippen molar-refractivity contribution in [3.05, 3.63) is 76.4 Å². The number of para-hydroxylation sites is 1. The molecule has 5 rings (SSSR count). The Hall–Kier alpha value is -2.15. The van der Waals surface area contributed by atoms with E-state index in [9.17, 15) is 4.39 Å². The summed E-state index contributed by atoms with van der Waals surface area (Å²) in [5.41, 5.74) is 3.40. The third-order valence-electron chi connectivity index (χ3n) is 6.01. The number of aliphatic imine (C=N–C) groups is 1. The summed E-state index contributed by atoms with van der Waals surface area (Å²) in [5.74, 6) is 0.950. The first kappa shape index (κ1) is 21.7. The minimum atomic E-state index is -0.155. The number of halogens is 1. The van der Waals surface area contributed by atoms with E-state index in [1.807, 2.05) is 29.2 Å². The summed E-state index contributed by atoms with van der Waals surface area (Å²) in [7, 11) is 0. The van der Waals surface area contributed by atoms with Crippen molar-refractivity contribution in [2.24, 2.45) is 4.99 Å². The molecule has 1 atom stereocenters. The average Bonchev–Trinajstić information content (AvgIpc) is 3.12. The van der Waals surface area contributed by atoms with Gasteiger partial charge >= 0.3 is 0 Å². The summed E-state index contributed by atoms with van der Waals surface area (Å²) in [6.07, 6.45) is 4.13. The zero-order chi connectivity index (χ0) is 21.9. The Balaban J connectivity index is 1.40. The summed E-state index contributed by atoms with van der Waals surface area (Å²) in [4.78, 5) is 10.3. The molecule has 0 saturated carbocycles. The van der Waals surface area contributed by atoms with Crippen molar-refractivity contribution < 1.29 is 4.39 Å². The van der Waals surface area contributed by atoms with Crippen LogP contribution in [0.5, 0.6) is 0 Å². The van der Waals surface area contributed by atoms with Crippen LogP contribution in [0.2, 0.25) is 0 Å². The highest BCUT2D eigenvalue weighted by molar-refractivity contribution is 8.01. The number of aryl methyl sites for hydroxylation is 2. The van der Waals surface area contributed by atoms with Crippen LogP contribution in [0, 0.1) is 5.82 Å². The van der Waals surface area contributed by atoms with Crippen molar-refractivity contribution in [3.8, 4) is 0 Å². The molecular formula is C26H28FN3S2. The summed E-state index contributed by atoms with van der Waals surface area (Å²) < 4.78 is 14.9. The highest BCUT2D eigenvalue weighted by atomic mass is 32.2. The van der Waals surface area contributed by atoms with E-state index in [0.717, 1.165) is 62.4 Å². The van der Waals surface area contributed by atoms with Gasteiger partial charge in [-0.25, -0.2) is 9.38 Å². The lowest BCUT2D eigenvalue weighted by molar-refractivity contribution is 0.282. The van der Waals surface area contributed by atoms with Crippen molar-refractivity contribution in [2.45, 2.75) is 47.8 Å². The van der Waals surface area contributed by atoms with Crippen molar-refractivity contribution >= 4 is 34.6 Å². The molecule has 1 aromatic heterocycles. The van der Waals surface area contributed by atoms with Crippen LogP contribution in [0.1, 0.15) is 35.8 Å². The molecule has 1 N–H and O–H groups in total. The Bertz CT molecular complexity index is 1120. The maximum Gasteiger partial charge on any atom is 0.138 e. The van der Waals surface area contributed by atoms with Gasteiger partial charge in [0.1, 0.15) is 11.7 Å². The molecule has 2 aliphatic heterocycles. The maximum absolute atomic E-state index is 13.6. The van der Waals surface area contributed by atoms with Crippen LogP contribution >= 0.6 is 23.1 Å². The molecule has 166 valence electrons. The highest BCUT2D eigenvalue weighted by Crippen LogP contribution is 2.44. The number of rotatable bonds is 5. The van der Waals surface area contributed by atoms with Gasteiger partial charge in [-0.15, -0.1) is 11.3 Å². The fourth-order valence-electron chi connectivity index (χ4n) is 4.42. The molecule has 0 aliphatic carbocycles. The van der Waals surface area contributed by atoms with E-state index in [-0.39, 0.29) is 5.82 Å². The molecule has 6 heteroatoms. The number of benzene rings is 2. The number of nitrogens with one attached hydrogen (secondary N) is 1. The third-order valence-corrected chi connectivity index (χ3v) is 8.47. The predicted molar refractivity (Wildman–Crippen MR) is 133 cm³/mol. The molecule has 3 heterocycles. The molecule has 0 unspecified atom stereocenters. The van der Waals surface area contributed by atoms with E-state index in [4.69, 9.17) is 4.99 Å². The number of fused-ring (bicyclic) bond motifs is 2. The van der Waals surface area contributed by atoms with Gasteiger partial charge in [0.15, 0.2) is 0 Å². The van der Waals surface area contributed by atoms with E-state index in [2.05, 4.69) is 47.5 Å². The summed E-state index contributed by atoms with van der Waals surface area (Å²) in [5, 5.41) is 3.66. The minimum absolute atomic E-state index is 0.155. The molecule has 0 bridgehead atoms. The second kappa shape index (κ2) is 9.77. The second-order valence-electron chi connectivity index (χ2n) is 8.43. The van der Waals surface area contributed by atoms with Crippen LogP contribution in [0.25, 0.3) is 0 Å². The van der Waals surface area contributed by atoms with Gasteiger partial charge in [0.2, 0.25) is 0 Å². The van der Waals surface area contributed by atoms with Crippen molar-refractivity contribution in [2.75, 3.05) is 19.6 Å². The largest absolute Gasteiger partial charge is 0.353 e. The normalized spacial score (nSPS) is 18.0. The monoisotopic (exact) mass is 465 g/mol. The molecule has 0 radical (unpaired) electrons. The molecule has 2 aromatic carbocycles. The Morgan fingerprint density at radius 1 is 1.12 bits per heavy atom. The van der Waals surface area contributed by atoms with Crippen LogP contribution in [-0.4, -0.2) is 36.4 Å². The number of thiophene rings is 1. The van der Waals surface area contributed by atoms with Gasteiger partial charge in [0.05, 0.1) is 9.90 Å². The zero-order valence-corrected chi connectivity index (χ0v) is 19.9. The fourth-order valence-corrected chi connectivity index (χ4v) is 6.98. The van der Waals surface area contributed by atoms with Crippen LogP contribution in [0.15, 0.2) is 68.7 Å². The molecule has 32 heavy (non-hydrogen) atoms. The van der Waals surface area contributed by atoms with Crippen molar-refractivity contribution in [3.63, 3.8) is 0 Å². The Labute approximate surface area is 197 Å². The van der Waals surface area contributed by atoms with Crippen LogP contribution in [-0.2, 0) is 12.8 Å². The zero-order valence-electron chi connectivity index (χ0n) is 18.3. The quantitative estimate of drug-likeness (QED) is 0.480. The summed E-state index contributed by atoms with van der Waals surface area (Å²) >= 11 is 3.77.